The van der Waals surface area contributed by atoms with E-state index in [4.69, 9.17) is 16.9 Å². The van der Waals surface area contributed by atoms with Crippen LogP contribution in [0.5, 0.6) is 0 Å². The van der Waals surface area contributed by atoms with Crippen LogP contribution in [0.25, 0.3) is 0 Å². The normalized spacial score (nSPS) is 17.6. The summed E-state index contributed by atoms with van der Waals surface area (Å²) in [7, 11) is 0. The van der Waals surface area contributed by atoms with Gasteiger partial charge in [0.25, 0.3) is 5.91 Å². The van der Waals surface area contributed by atoms with E-state index in [0.717, 1.165) is 18.7 Å². The fourth-order valence-electron chi connectivity index (χ4n) is 2.35. The molecule has 1 aliphatic heterocycles. The average molecular weight is 292 g/mol. The number of amides is 1. The Hall–Kier alpha value is -1.57. The Labute approximate surface area is 124 Å². The maximum atomic E-state index is 12.4. The molecule has 106 valence electrons. The van der Waals surface area contributed by atoms with E-state index in [9.17, 15) is 4.79 Å². The lowest BCUT2D eigenvalue weighted by Gasteiger charge is -2.36. The van der Waals surface area contributed by atoms with Crippen molar-refractivity contribution in [2.75, 3.05) is 26.2 Å². The van der Waals surface area contributed by atoms with Crippen LogP contribution < -0.4 is 0 Å². The Morgan fingerprint density at radius 2 is 2.00 bits per heavy atom. The smallest absolute Gasteiger partial charge is 0.253 e. The van der Waals surface area contributed by atoms with Crippen molar-refractivity contribution in [2.24, 2.45) is 0 Å². The van der Waals surface area contributed by atoms with Crippen molar-refractivity contribution in [1.29, 1.82) is 5.26 Å². The van der Waals surface area contributed by atoms with E-state index in [1.807, 2.05) is 24.8 Å². The lowest BCUT2D eigenvalue weighted by molar-refractivity contribution is 0.0615. The van der Waals surface area contributed by atoms with E-state index in [-0.39, 0.29) is 11.9 Å². The molecule has 1 aromatic carbocycles. The van der Waals surface area contributed by atoms with Gasteiger partial charge >= 0.3 is 0 Å². The van der Waals surface area contributed by atoms with E-state index in [0.29, 0.717) is 23.7 Å². The van der Waals surface area contributed by atoms with Crippen LogP contribution in [0, 0.1) is 18.3 Å². The van der Waals surface area contributed by atoms with Crippen molar-refractivity contribution in [2.45, 2.75) is 19.9 Å². The zero-order chi connectivity index (χ0) is 14.7. The molecule has 0 saturated carbocycles. The van der Waals surface area contributed by atoms with Crippen LogP contribution in [-0.4, -0.2) is 47.9 Å². The first kappa shape index (κ1) is 14.8. The third kappa shape index (κ3) is 3.12. The molecular weight excluding hydrogens is 274 g/mol. The Balaban J connectivity index is 2.01. The van der Waals surface area contributed by atoms with E-state index in [1.165, 1.54) is 0 Å². The molecule has 0 aromatic heterocycles. The van der Waals surface area contributed by atoms with Gasteiger partial charge in [0.05, 0.1) is 12.1 Å². The first-order valence-electron chi connectivity index (χ1n) is 6.72. The van der Waals surface area contributed by atoms with Gasteiger partial charge < -0.3 is 4.90 Å². The quantitative estimate of drug-likeness (QED) is 0.840. The molecule has 0 aliphatic carbocycles. The first-order chi connectivity index (χ1) is 9.52. The third-order valence-electron chi connectivity index (χ3n) is 3.74. The SMILES string of the molecule is Cc1cc(C(=O)N2CCN(C(C)C#N)CC2)ccc1Cl. The van der Waals surface area contributed by atoms with Crippen molar-refractivity contribution in [3.8, 4) is 6.07 Å². The van der Waals surface area contributed by atoms with Gasteiger partial charge in [0, 0.05) is 36.8 Å². The van der Waals surface area contributed by atoms with Crippen LogP contribution in [0.2, 0.25) is 5.02 Å². The van der Waals surface area contributed by atoms with Gasteiger partial charge in [-0.2, -0.15) is 5.26 Å². The summed E-state index contributed by atoms with van der Waals surface area (Å²) in [6, 6.07) is 7.50. The van der Waals surface area contributed by atoms with Gasteiger partial charge in [-0.3, -0.25) is 9.69 Å². The number of nitrogens with zero attached hydrogens (tertiary/aromatic N) is 3. The van der Waals surface area contributed by atoms with Gasteiger partial charge in [0.2, 0.25) is 0 Å². The molecule has 1 amide bonds. The van der Waals surface area contributed by atoms with Crippen LogP contribution in [0.3, 0.4) is 0 Å². The largest absolute Gasteiger partial charge is 0.336 e. The first-order valence-corrected chi connectivity index (χ1v) is 7.10. The molecule has 5 heteroatoms. The summed E-state index contributed by atoms with van der Waals surface area (Å²) in [6.45, 7) is 6.59. The predicted molar refractivity (Wildman–Crippen MR) is 78.7 cm³/mol. The average Bonchev–Trinajstić information content (AvgIpc) is 2.48. The van der Waals surface area contributed by atoms with E-state index in [1.54, 1.807) is 12.1 Å². The molecule has 1 saturated heterocycles. The Morgan fingerprint density at radius 1 is 1.35 bits per heavy atom. The summed E-state index contributed by atoms with van der Waals surface area (Å²) in [5, 5.41) is 9.59. The predicted octanol–water partition coefficient (Wildman–Crippen LogP) is 2.32. The minimum absolute atomic E-state index is 0.0361. The number of piperazine rings is 1. The van der Waals surface area contributed by atoms with Crippen molar-refractivity contribution in [3.05, 3.63) is 34.3 Å². The Bertz CT molecular complexity index is 545. The van der Waals surface area contributed by atoms with Crippen LogP contribution in [0.4, 0.5) is 0 Å². The molecule has 1 aromatic rings. The van der Waals surface area contributed by atoms with Crippen LogP contribution in [-0.2, 0) is 0 Å². The second-order valence-electron chi connectivity index (χ2n) is 5.10. The number of aryl methyl sites for hydroxylation is 1. The van der Waals surface area contributed by atoms with Gasteiger partial charge in [0.15, 0.2) is 0 Å². The van der Waals surface area contributed by atoms with Crippen molar-refractivity contribution in [3.63, 3.8) is 0 Å². The molecular formula is C15H18ClN3O. The molecule has 0 N–H and O–H groups in total. The summed E-state index contributed by atoms with van der Waals surface area (Å²) in [4.78, 5) is 16.3. The number of halogens is 1. The fraction of sp³-hybridized carbons (Fsp3) is 0.467. The highest BCUT2D eigenvalue weighted by atomic mass is 35.5. The van der Waals surface area contributed by atoms with E-state index in [2.05, 4.69) is 11.0 Å². The summed E-state index contributed by atoms with van der Waals surface area (Å²) < 4.78 is 0. The van der Waals surface area contributed by atoms with E-state index < -0.39 is 0 Å². The molecule has 4 nitrogen and oxygen atoms in total. The molecule has 1 atom stereocenters. The molecule has 1 aliphatic rings. The van der Waals surface area contributed by atoms with Gasteiger partial charge in [-0.1, -0.05) is 11.6 Å². The zero-order valence-electron chi connectivity index (χ0n) is 11.8. The second kappa shape index (κ2) is 6.25. The minimum atomic E-state index is -0.0926. The third-order valence-corrected chi connectivity index (χ3v) is 4.17. The Morgan fingerprint density at radius 3 is 2.55 bits per heavy atom. The Kier molecular flexibility index (Phi) is 4.64. The lowest BCUT2D eigenvalue weighted by atomic mass is 10.1. The number of hydrogen-bond donors (Lipinski definition) is 0. The minimum Gasteiger partial charge on any atom is -0.336 e. The van der Waals surface area contributed by atoms with Crippen LogP contribution in [0.1, 0.15) is 22.8 Å². The van der Waals surface area contributed by atoms with Crippen molar-refractivity contribution < 1.29 is 4.79 Å². The number of benzene rings is 1. The maximum Gasteiger partial charge on any atom is 0.253 e. The molecule has 1 fully saturated rings. The van der Waals surface area contributed by atoms with Gasteiger partial charge in [0.1, 0.15) is 0 Å². The molecule has 20 heavy (non-hydrogen) atoms. The van der Waals surface area contributed by atoms with Crippen molar-refractivity contribution >= 4 is 17.5 Å². The lowest BCUT2D eigenvalue weighted by Crippen LogP contribution is -2.51. The maximum absolute atomic E-state index is 12.4. The molecule has 0 spiro atoms. The van der Waals surface area contributed by atoms with Crippen molar-refractivity contribution in [1.82, 2.24) is 9.80 Å². The number of carbonyl (C=O) groups excluding carboxylic acids is 1. The number of nitriles is 1. The summed E-state index contributed by atoms with van der Waals surface area (Å²) in [5.74, 6) is 0.0361. The molecule has 1 unspecified atom stereocenters. The van der Waals surface area contributed by atoms with Crippen LogP contribution in [0.15, 0.2) is 18.2 Å². The standard InChI is InChI=1S/C15H18ClN3O/c1-11-9-13(3-4-14(11)16)15(20)19-7-5-18(6-8-19)12(2)10-17/h3-4,9,12H,5-8H2,1-2H3. The summed E-state index contributed by atoms with van der Waals surface area (Å²) in [6.07, 6.45) is 0. The van der Waals surface area contributed by atoms with E-state index >= 15 is 0 Å². The van der Waals surface area contributed by atoms with Gasteiger partial charge in [-0.25, -0.2) is 0 Å². The summed E-state index contributed by atoms with van der Waals surface area (Å²) in [5.41, 5.74) is 1.59. The highest BCUT2D eigenvalue weighted by Gasteiger charge is 2.24. The number of rotatable bonds is 2. The number of hydrogen-bond acceptors (Lipinski definition) is 3. The van der Waals surface area contributed by atoms with Gasteiger partial charge in [-0.15, -0.1) is 0 Å². The monoisotopic (exact) mass is 291 g/mol. The highest BCUT2D eigenvalue weighted by Crippen LogP contribution is 2.18. The molecule has 2 rings (SSSR count). The van der Waals surface area contributed by atoms with Gasteiger partial charge in [-0.05, 0) is 37.6 Å². The highest BCUT2D eigenvalue weighted by molar-refractivity contribution is 6.31. The van der Waals surface area contributed by atoms with Crippen LogP contribution >= 0.6 is 11.6 Å². The molecule has 1 heterocycles. The molecule has 0 bridgehead atoms. The zero-order valence-corrected chi connectivity index (χ0v) is 12.5. The fourth-order valence-corrected chi connectivity index (χ4v) is 2.47. The molecule has 0 radical (unpaired) electrons. The second-order valence-corrected chi connectivity index (χ2v) is 5.50. The topological polar surface area (TPSA) is 47.3 Å². The number of carbonyl (C=O) groups is 1. The summed E-state index contributed by atoms with van der Waals surface area (Å²) >= 11 is 5.98.